The molecule has 7 nitrogen and oxygen atoms in total. The third-order valence-electron chi connectivity index (χ3n) is 3.85. The van der Waals surface area contributed by atoms with Gasteiger partial charge in [0.15, 0.2) is 11.5 Å². The van der Waals surface area contributed by atoms with Gasteiger partial charge >= 0.3 is 6.03 Å². The Kier molecular flexibility index (Phi) is 6.06. The summed E-state index contributed by atoms with van der Waals surface area (Å²) in [5.41, 5.74) is 0.671. The van der Waals surface area contributed by atoms with Crippen molar-refractivity contribution >= 4 is 6.03 Å². The summed E-state index contributed by atoms with van der Waals surface area (Å²) in [6.45, 7) is 2.46. The zero-order valence-electron chi connectivity index (χ0n) is 13.8. The van der Waals surface area contributed by atoms with Gasteiger partial charge in [-0.3, -0.25) is 0 Å². The van der Waals surface area contributed by atoms with Crippen LogP contribution in [0.3, 0.4) is 0 Å². The number of benzene rings is 1. The van der Waals surface area contributed by atoms with Gasteiger partial charge in [0.05, 0.1) is 40.1 Å². The molecule has 2 amide bonds. The highest BCUT2D eigenvalue weighted by Gasteiger charge is 2.23. The molecule has 7 heteroatoms. The highest BCUT2D eigenvalue weighted by atomic mass is 16.5. The van der Waals surface area contributed by atoms with Crippen LogP contribution < -0.4 is 9.47 Å². The number of carbonyl (C=O) groups excluding carboxylic acids is 1. The lowest BCUT2D eigenvalue weighted by Crippen LogP contribution is -2.47. The van der Waals surface area contributed by atoms with Gasteiger partial charge in [-0.15, -0.1) is 0 Å². The van der Waals surface area contributed by atoms with E-state index >= 15 is 0 Å². The zero-order chi connectivity index (χ0) is 16.8. The molecule has 1 N–H and O–H groups in total. The molecule has 1 heterocycles. The Balaban J connectivity index is 2.00. The molecule has 0 aromatic heterocycles. The molecule has 128 valence electrons. The maximum Gasteiger partial charge on any atom is 0.320 e. The predicted molar refractivity (Wildman–Crippen MR) is 84.9 cm³/mol. The lowest BCUT2D eigenvalue weighted by atomic mass is 10.1. The van der Waals surface area contributed by atoms with E-state index in [0.29, 0.717) is 43.4 Å². The first-order valence-corrected chi connectivity index (χ1v) is 7.54. The first-order valence-electron chi connectivity index (χ1n) is 7.54. The van der Waals surface area contributed by atoms with Gasteiger partial charge in [0.1, 0.15) is 0 Å². The Morgan fingerprint density at radius 2 is 1.96 bits per heavy atom. The molecule has 1 unspecified atom stereocenters. The Hall–Kier alpha value is -1.99. The van der Waals surface area contributed by atoms with Crippen LogP contribution in [0, 0.1) is 0 Å². The molecule has 1 aromatic carbocycles. The van der Waals surface area contributed by atoms with E-state index in [9.17, 15) is 9.90 Å². The van der Waals surface area contributed by atoms with Crippen molar-refractivity contribution in [3.05, 3.63) is 23.8 Å². The number of amides is 2. The molecule has 2 rings (SSSR count). The van der Waals surface area contributed by atoms with Crippen LogP contribution in [0.25, 0.3) is 0 Å². The number of hydrogen-bond donors (Lipinski definition) is 1. The minimum atomic E-state index is -0.801. The largest absolute Gasteiger partial charge is 0.493 e. The second kappa shape index (κ2) is 8.03. The Bertz CT molecular complexity index is 531. The molecular weight excluding hydrogens is 300 g/mol. The predicted octanol–water partition coefficient (Wildman–Crippen LogP) is 1.12. The van der Waals surface area contributed by atoms with Crippen LogP contribution in [0.2, 0.25) is 0 Å². The van der Waals surface area contributed by atoms with E-state index in [1.165, 1.54) is 4.90 Å². The van der Waals surface area contributed by atoms with Crippen LogP contribution in [0.4, 0.5) is 4.79 Å². The highest BCUT2D eigenvalue weighted by Crippen LogP contribution is 2.30. The van der Waals surface area contributed by atoms with Crippen LogP contribution in [0.1, 0.15) is 11.7 Å². The molecule has 1 aliphatic heterocycles. The van der Waals surface area contributed by atoms with Crippen molar-refractivity contribution in [2.45, 2.75) is 6.10 Å². The van der Waals surface area contributed by atoms with Crippen LogP contribution >= 0.6 is 0 Å². The average molecular weight is 324 g/mol. The third-order valence-corrected chi connectivity index (χ3v) is 3.85. The molecule has 1 saturated heterocycles. The van der Waals surface area contributed by atoms with Crippen LogP contribution in [0.15, 0.2) is 18.2 Å². The van der Waals surface area contributed by atoms with Crippen molar-refractivity contribution in [3.8, 4) is 11.5 Å². The molecule has 23 heavy (non-hydrogen) atoms. The summed E-state index contributed by atoms with van der Waals surface area (Å²) in [5, 5.41) is 10.4. The number of nitrogens with zero attached hydrogens (tertiary/aromatic N) is 2. The molecule has 0 bridgehead atoms. The Morgan fingerprint density at radius 3 is 2.57 bits per heavy atom. The van der Waals surface area contributed by atoms with E-state index in [1.807, 2.05) is 0 Å². The van der Waals surface area contributed by atoms with Gasteiger partial charge in [-0.05, 0) is 17.7 Å². The van der Waals surface area contributed by atoms with Crippen molar-refractivity contribution in [2.24, 2.45) is 0 Å². The van der Waals surface area contributed by atoms with Crippen LogP contribution in [-0.2, 0) is 4.74 Å². The van der Waals surface area contributed by atoms with Gasteiger partial charge in [-0.2, -0.15) is 0 Å². The molecule has 0 spiro atoms. The third kappa shape index (κ3) is 4.27. The fourth-order valence-corrected chi connectivity index (χ4v) is 2.50. The summed E-state index contributed by atoms with van der Waals surface area (Å²) in [6, 6.07) is 5.12. The lowest BCUT2D eigenvalue weighted by molar-refractivity contribution is 0.0407. The normalized spacial score (nSPS) is 15.9. The van der Waals surface area contributed by atoms with Crippen molar-refractivity contribution in [1.29, 1.82) is 0 Å². The molecular formula is C16H24N2O5. The lowest BCUT2D eigenvalue weighted by Gasteiger charge is -2.32. The maximum atomic E-state index is 12.3. The summed E-state index contributed by atoms with van der Waals surface area (Å²) in [6.07, 6.45) is -0.801. The smallest absolute Gasteiger partial charge is 0.320 e. The van der Waals surface area contributed by atoms with E-state index in [2.05, 4.69) is 0 Å². The zero-order valence-corrected chi connectivity index (χ0v) is 13.8. The fraction of sp³-hybridized carbons (Fsp3) is 0.562. The number of aliphatic hydroxyl groups is 1. The van der Waals surface area contributed by atoms with Gasteiger partial charge in [0, 0.05) is 20.1 Å². The summed E-state index contributed by atoms with van der Waals surface area (Å²) < 4.78 is 15.7. The fourth-order valence-electron chi connectivity index (χ4n) is 2.50. The van der Waals surface area contributed by atoms with Crippen LogP contribution in [-0.4, -0.2) is 75.1 Å². The minimum absolute atomic E-state index is 0.104. The SMILES string of the molecule is COc1ccc(C(O)CN(C)C(=O)N2CCOCC2)cc1OC. The number of carbonyl (C=O) groups is 1. The number of likely N-dealkylation sites (N-methyl/N-ethyl adjacent to an activating group) is 1. The summed E-state index contributed by atoms with van der Waals surface area (Å²) in [4.78, 5) is 15.6. The number of ether oxygens (including phenoxy) is 3. The molecule has 0 radical (unpaired) electrons. The van der Waals surface area contributed by atoms with E-state index in [1.54, 1.807) is 44.4 Å². The van der Waals surface area contributed by atoms with Crippen molar-refractivity contribution in [2.75, 3.05) is 54.1 Å². The number of methoxy groups -OCH3 is 2. The molecule has 1 aromatic rings. The second-order valence-corrected chi connectivity index (χ2v) is 5.39. The maximum absolute atomic E-state index is 12.3. The van der Waals surface area contributed by atoms with Gasteiger partial charge in [0.2, 0.25) is 0 Å². The first-order chi connectivity index (χ1) is 11.1. The van der Waals surface area contributed by atoms with Gasteiger partial charge < -0.3 is 29.1 Å². The van der Waals surface area contributed by atoms with E-state index in [0.717, 1.165) is 0 Å². The van der Waals surface area contributed by atoms with Crippen molar-refractivity contribution < 1.29 is 24.1 Å². The number of urea groups is 1. The Labute approximate surface area is 136 Å². The monoisotopic (exact) mass is 324 g/mol. The first kappa shape index (κ1) is 17.4. The summed E-state index contributed by atoms with van der Waals surface area (Å²) in [5.74, 6) is 1.15. The van der Waals surface area contributed by atoms with Crippen LogP contribution in [0.5, 0.6) is 11.5 Å². The average Bonchev–Trinajstić information content (AvgIpc) is 2.60. The standard InChI is InChI=1S/C16H24N2O5/c1-17(16(20)18-6-8-23-9-7-18)11-13(19)12-4-5-14(21-2)15(10-12)22-3/h4-5,10,13,19H,6-9,11H2,1-3H3. The quantitative estimate of drug-likeness (QED) is 0.879. The summed E-state index contributed by atoms with van der Waals surface area (Å²) in [7, 11) is 4.78. The minimum Gasteiger partial charge on any atom is -0.493 e. The molecule has 0 aliphatic carbocycles. The molecule has 1 atom stereocenters. The second-order valence-electron chi connectivity index (χ2n) is 5.39. The summed E-state index contributed by atoms with van der Waals surface area (Å²) >= 11 is 0. The molecule has 1 aliphatic rings. The Morgan fingerprint density at radius 1 is 1.30 bits per heavy atom. The molecule has 0 saturated carbocycles. The number of hydrogen-bond acceptors (Lipinski definition) is 5. The van der Waals surface area contributed by atoms with E-state index in [4.69, 9.17) is 14.2 Å². The number of rotatable bonds is 5. The van der Waals surface area contributed by atoms with Crippen molar-refractivity contribution in [1.82, 2.24) is 9.80 Å². The van der Waals surface area contributed by atoms with Gasteiger partial charge in [-0.25, -0.2) is 4.79 Å². The number of aliphatic hydroxyl groups excluding tert-OH is 1. The van der Waals surface area contributed by atoms with Gasteiger partial charge in [0.25, 0.3) is 0 Å². The van der Waals surface area contributed by atoms with Gasteiger partial charge in [-0.1, -0.05) is 6.07 Å². The number of morpholine rings is 1. The topological polar surface area (TPSA) is 71.5 Å². The highest BCUT2D eigenvalue weighted by molar-refractivity contribution is 5.74. The van der Waals surface area contributed by atoms with E-state index < -0.39 is 6.10 Å². The van der Waals surface area contributed by atoms with E-state index in [-0.39, 0.29) is 12.6 Å². The van der Waals surface area contributed by atoms with Crippen molar-refractivity contribution in [3.63, 3.8) is 0 Å². The molecule has 1 fully saturated rings.